The summed E-state index contributed by atoms with van der Waals surface area (Å²) in [5, 5.41) is 14.3. The maximum atomic E-state index is 11.8. The van der Waals surface area contributed by atoms with Crippen LogP contribution in [0.15, 0.2) is 48.5 Å². The fourth-order valence-electron chi connectivity index (χ4n) is 2.03. The first-order chi connectivity index (χ1) is 11.1. The lowest BCUT2D eigenvalue weighted by atomic mass is 10.1. The predicted molar refractivity (Wildman–Crippen MR) is 87.4 cm³/mol. The highest BCUT2D eigenvalue weighted by Crippen LogP contribution is 2.26. The summed E-state index contributed by atoms with van der Waals surface area (Å²) < 4.78 is 5.00. The zero-order valence-corrected chi connectivity index (χ0v) is 12.8. The van der Waals surface area contributed by atoms with E-state index in [1.807, 2.05) is 37.3 Å². The Bertz CT molecular complexity index is 686. The van der Waals surface area contributed by atoms with E-state index in [-0.39, 0.29) is 11.3 Å². The van der Waals surface area contributed by atoms with Gasteiger partial charge in [-0.15, -0.1) is 0 Å². The van der Waals surface area contributed by atoms with Gasteiger partial charge in [0.1, 0.15) is 5.69 Å². The lowest BCUT2D eigenvalue weighted by Gasteiger charge is -2.09. The quantitative estimate of drug-likeness (QED) is 0.478. The highest BCUT2D eigenvalue weighted by Gasteiger charge is 2.18. The SMILES string of the molecule is CCCOC(=O)c1ccc(NCc2ccccc2)c([N+](=O)[O-])c1. The number of carbonyl (C=O) groups excluding carboxylic acids is 1. The van der Waals surface area contributed by atoms with E-state index in [1.165, 1.54) is 18.2 Å². The topological polar surface area (TPSA) is 81.5 Å². The van der Waals surface area contributed by atoms with Crippen molar-refractivity contribution in [2.75, 3.05) is 11.9 Å². The van der Waals surface area contributed by atoms with Crippen molar-refractivity contribution >= 4 is 17.3 Å². The van der Waals surface area contributed by atoms with Crippen LogP contribution >= 0.6 is 0 Å². The van der Waals surface area contributed by atoms with Gasteiger partial charge < -0.3 is 10.1 Å². The van der Waals surface area contributed by atoms with Crippen LogP contribution < -0.4 is 5.32 Å². The Hall–Kier alpha value is -2.89. The number of hydrogen-bond donors (Lipinski definition) is 1. The molecule has 0 saturated carbocycles. The minimum absolute atomic E-state index is 0.146. The molecule has 23 heavy (non-hydrogen) atoms. The second-order valence-corrected chi connectivity index (χ2v) is 4.96. The molecule has 2 aromatic rings. The van der Waals surface area contributed by atoms with Crippen molar-refractivity contribution in [3.63, 3.8) is 0 Å². The molecular weight excluding hydrogens is 296 g/mol. The minimum atomic E-state index is -0.551. The zero-order valence-electron chi connectivity index (χ0n) is 12.8. The molecule has 0 aromatic heterocycles. The molecule has 2 rings (SSSR count). The van der Waals surface area contributed by atoms with E-state index in [1.54, 1.807) is 0 Å². The van der Waals surface area contributed by atoms with Crippen molar-refractivity contribution in [1.29, 1.82) is 0 Å². The number of esters is 1. The largest absolute Gasteiger partial charge is 0.462 e. The number of ether oxygens (including phenoxy) is 1. The predicted octanol–water partition coefficient (Wildman–Crippen LogP) is 3.77. The third-order valence-electron chi connectivity index (χ3n) is 3.19. The maximum absolute atomic E-state index is 11.8. The van der Waals surface area contributed by atoms with Gasteiger partial charge >= 0.3 is 5.97 Å². The number of nitrogens with zero attached hydrogens (tertiary/aromatic N) is 1. The summed E-state index contributed by atoms with van der Waals surface area (Å²) in [5.74, 6) is -0.551. The highest BCUT2D eigenvalue weighted by molar-refractivity contribution is 5.91. The van der Waals surface area contributed by atoms with Crippen LogP contribution in [0, 0.1) is 10.1 Å². The van der Waals surface area contributed by atoms with Crippen molar-refractivity contribution in [2.45, 2.75) is 19.9 Å². The van der Waals surface area contributed by atoms with Crippen molar-refractivity contribution in [3.8, 4) is 0 Å². The van der Waals surface area contributed by atoms with Crippen LogP contribution in [-0.2, 0) is 11.3 Å². The smallest absolute Gasteiger partial charge is 0.338 e. The van der Waals surface area contributed by atoms with Crippen molar-refractivity contribution in [2.24, 2.45) is 0 Å². The van der Waals surface area contributed by atoms with Gasteiger partial charge in [0.2, 0.25) is 0 Å². The van der Waals surface area contributed by atoms with Crippen LogP contribution in [0.4, 0.5) is 11.4 Å². The molecule has 2 aromatic carbocycles. The lowest BCUT2D eigenvalue weighted by Crippen LogP contribution is -2.08. The molecule has 120 valence electrons. The van der Waals surface area contributed by atoms with E-state index < -0.39 is 10.9 Å². The monoisotopic (exact) mass is 314 g/mol. The summed E-state index contributed by atoms with van der Waals surface area (Å²) in [7, 11) is 0. The molecule has 0 aliphatic carbocycles. The Labute approximate surface area is 134 Å². The van der Waals surface area contributed by atoms with E-state index in [9.17, 15) is 14.9 Å². The molecule has 0 bridgehead atoms. The Balaban J connectivity index is 2.16. The Morgan fingerprint density at radius 3 is 2.61 bits per heavy atom. The van der Waals surface area contributed by atoms with Crippen molar-refractivity contribution in [1.82, 2.24) is 0 Å². The summed E-state index contributed by atoms with van der Waals surface area (Å²) in [6, 6.07) is 13.9. The van der Waals surface area contributed by atoms with Gasteiger partial charge in [-0.2, -0.15) is 0 Å². The van der Waals surface area contributed by atoms with Crippen LogP contribution in [0.3, 0.4) is 0 Å². The van der Waals surface area contributed by atoms with Crippen molar-refractivity contribution < 1.29 is 14.5 Å². The molecule has 0 atom stereocenters. The van der Waals surface area contributed by atoms with Crippen LogP contribution in [0.25, 0.3) is 0 Å². The summed E-state index contributed by atoms with van der Waals surface area (Å²) in [4.78, 5) is 22.5. The maximum Gasteiger partial charge on any atom is 0.338 e. The normalized spacial score (nSPS) is 10.1. The first kappa shape index (κ1) is 16.5. The molecule has 0 fully saturated rings. The van der Waals surface area contributed by atoms with Gasteiger partial charge in [0, 0.05) is 12.6 Å². The number of nitro benzene ring substituents is 1. The van der Waals surface area contributed by atoms with Crippen LogP contribution in [-0.4, -0.2) is 17.5 Å². The molecule has 0 aliphatic rings. The Morgan fingerprint density at radius 2 is 1.96 bits per heavy atom. The van der Waals surface area contributed by atoms with E-state index in [0.29, 0.717) is 25.3 Å². The number of anilines is 1. The lowest BCUT2D eigenvalue weighted by molar-refractivity contribution is -0.384. The molecule has 0 radical (unpaired) electrons. The van der Waals surface area contributed by atoms with Crippen LogP contribution in [0.5, 0.6) is 0 Å². The van der Waals surface area contributed by atoms with E-state index in [2.05, 4.69) is 5.32 Å². The summed E-state index contributed by atoms with van der Waals surface area (Å²) >= 11 is 0. The van der Waals surface area contributed by atoms with Gasteiger partial charge in [0.15, 0.2) is 0 Å². The Kier molecular flexibility index (Phi) is 5.68. The van der Waals surface area contributed by atoms with Gasteiger partial charge in [-0.05, 0) is 24.1 Å². The fraction of sp³-hybridized carbons (Fsp3) is 0.235. The molecule has 6 nitrogen and oxygen atoms in total. The van der Waals surface area contributed by atoms with E-state index in [4.69, 9.17) is 4.74 Å². The number of benzene rings is 2. The first-order valence-electron chi connectivity index (χ1n) is 7.35. The van der Waals surface area contributed by atoms with Crippen molar-refractivity contribution in [3.05, 3.63) is 69.8 Å². The number of carbonyl (C=O) groups is 1. The first-order valence-corrected chi connectivity index (χ1v) is 7.35. The second kappa shape index (κ2) is 7.93. The van der Waals surface area contributed by atoms with Gasteiger partial charge in [0.05, 0.1) is 17.1 Å². The average molecular weight is 314 g/mol. The molecule has 0 unspecified atom stereocenters. The molecule has 0 amide bonds. The zero-order chi connectivity index (χ0) is 16.7. The number of hydrogen-bond acceptors (Lipinski definition) is 5. The molecule has 0 saturated heterocycles. The number of nitrogens with one attached hydrogen (secondary N) is 1. The molecular formula is C17H18N2O4. The van der Waals surface area contributed by atoms with E-state index >= 15 is 0 Å². The Morgan fingerprint density at radius 1 is 1.22 bits per heavy atom. The highest BCUT2D eigenvalue weighted by atomic mass is 16.6. The summed E-state index contributed by atoms with van der Waals surface area (Å²) in [6.07, 6.45) is 0.699. The molecule has 0 heterocycles. The minimum Gasteiger partial charge on any atom is -0.462 e. The van der Waals surface area contributed by atoms with Crippen LogP contribution in [0.2, 0.25) is 0 Å². The second-order valence-electron chi connectivity index (χ2n) is 4.96. The third kappa shape index (κ3) is 4.54. The van der Waals surface area contributed by atoms with Crippen LogP contribution in [0.1, 0.15) is 29.3 Å². The molecule has 6 heteroatoms. The van der Waals surface area contributed by atoms with Gasteiger partial charge in [0.25, 0.3) is 5.69 Å². The standard InChI is InChI=1S/C17H18N2O4/c1-2-10-23-17(20)14-8-9-15(16(11-14)19(21)22)18-12-13-6-4-3-5-7-13/h3-9,11,18H,2,10,12H2,1H3. The molecule has 1 N–H and O–H groups in total. The number of rotatable bonds is 7. The van der Waals surface area contributed by atoms with E-state index in [0.717, 1.165) is 5.56 Å². The van der Waals surface area contributed by atoms with Gasteiger partial charge in [-0.25, -0.2) is 4.79 Å². The molecule has 0 aliphatic heterocycles. The summed E-state index contributed by atoms with van der Waals surface area (Å²) in [6.45, 7) is 2.63. The summed E-state index contributed by atoms with van der Waals surface area (Å²) in [5.41, 5.74) is 1.40. The average Bonchev–Trinajstić information content (AvgIpc) is 2.58. The van der Waals surface area contributed by atoms with Gasteiger partial charge in [-0.1, -0.05) is 37.3 Å². The third-order valence-corrected chi connectivity index (χ3v) is 3.19. The van der Waals surface area contributed by atoms with Gasteiger partial charge in [-0.3, -0.25) is 10.1 Å². The number of nitro groups is 1. The molecule has 0 spiro atoms. The fourth-order valence-corrected chi connectivity index (χ4v) is 2.03.